The van der Waals surface area contributed by atoms with Gasteiger partial charge in [-0.2, -0.15) is 5.10 Å². The van der Waals surface area contributed by atoms with Crippen molar-refractivity contribution < 1.29 is 4.79 Å². The predicted octanol–water partition coefficient (Wildman–Crippen LogP) is 3.00. The second-order valence-electron chi connectivity index (χ2n) is 5.61. The van der Waals surface area contributed by atoms with Gasteiger partial charge in [-0.3, -0.25) is 14.4 Å². The number of hydrogen-bond donors (Lipinski definition) is 1. The van der Waals surface area contributed by atoms with Gasteiger partial charge in [0.15, 0.2) is 0 Å². The second kappa shape index (κ2) is 7.42. The van der Waals surface area contributed by atoms with Crippen molar-refractivity contribution in [1.29, 1.82) is 0 Å². The van der Waals surface area contributed by atoms with Gasteiger partial charge in [0.05, 0.1) is 23.8 Å². The van der Waals surface area contributed by atoms with Crippen molar-refractivity contribution in [2.75, 3.05) is 18.4 Å². The molecule has 2 aromatic heterocycles. The molecule has 1 amide bonds. The summed E-state index contributed by atoms with van der Waals surface area (Å²) in [6.07, 6.45) is 6.95. The predicted molar refractivity (Wildman–Crippen MR) is 92.1 cm³/mol. The topological polar surface area (TPSA) is 63.1 Å². The van der Waals surface area contributed by atoms with E-state index in [4.69, 9.17) is 11.6 Å². The second-order valence-corrected chi connectivity index (χ2v) is 6.96. The van der Waals surface area contributed by atoms with Crippen LogP contribution in [0.3, 0.4) is 0 Å². The van der Waals surface area contributed by atoms with Crippen LogP contribution in [0.1, 0.15) is 12.8 Å². The molecule has 0 saturated carbocycles. The molecule has 0 unspecified atom stereocenters. The third-order valence-electron chi connectivity index (χ3n) is 3.80. The first kappa shape index (κ1) is 16.4. The summed E-state index contributed by atoms with van der Waals surface area (Å²) in [5.41, 5.74) is 0. The molecule has 0 bridgehead atoms. The summed E-state index contributed by atoms with van der Waals surface area (Å²) in [5.74, 6) is 0.553. The Labute approximate surface area is 148 Å². The molecule has 0 aromatic carbocycles. The fourth-order valence-electron chi connectivity index (χ4n) is 2.70. The fraction of sp³-hybridized carbons (Fsp3) is 0.400. The molecule has 3 heterocycles. The van der Waals surface area contributed by atoms with Gasteiger partial charge in [-0.25, -0.2) is 4.98 Å². The summed E-state index contributed by atoms with van der Waals surface area (Å²) in [4.78, 5) is 18.8. The molecular weight excluding hydrogens is 382 g/mol. The first-order chi connectivity index (χ1) is 11.1. The van der Waals surface area contributed by atoms with Crippen LogP contribution in [0, 0.1) is 5.92 Å². The van der Waals surface area contributed by atoms with Crippen molar-refractivity contribution in [1.82, 2.24) is 19.7 Å². The Bertz CT molecular complexity index is 675. The number of likely N-dealkylation sites (tertiary alicyclic amines) is 1. The van der Waals surface area contributed by atoms with Crippen molar-refractivity contribution >= 4 is 39.3 Å². The molecule has 3 rings (SSSR count). The number of nitrogens with zero attached hydrogens (tertiary/aromatic N) is 4. The minimum absolute atomic E-state index is 0.0167. The third-order valence-corrected chi connectivity index (χ3v) is 4.47. The monoisotopic (exact) mass is 397 g/mol. The first-order valence-corrected chi connectivity index (χ1v) is 8.60. The van der Waals surface area contributed by atoms with Crippen LogP contribution in [0.15, 0.2) is 35.2 Å². The molecule has 0 aliphatic carbocycles. The molecule has 122 valence electrons. The van der Waals surface area contributed by atoms with Gasteiger partial charge >= 0.3 is 0 Å². The number of halogens is 2. The van der Waals surface area contributed by atoms with E-state index in [2.05, 4.69) is 36.2 Å². The van der Waals surface area contributed by atoms with Gasteiger partial charge in [-0.1, -0.05) is 11.6 Å². The van der Waals surface area contributed by atoms with Crippen LogP contribution in [0.4, 0.5) is 5.82 Å². The van der Waals surface area contributed by atoms with Gasteiger partial charge in [0.2, 0.25) is 5.91 Å². The van der Waals surface area contributed by atoms with Crippen molar-refractivity contribution in [3.8, 4) is 0 Å². The lowest BCUT2D eigenvalue weighted by Crippen LogP contribution is -2.41. The Morgan fingerprint density at radius 1 is 1.43 bits per heavy atom. The van der Waals surface area contributed by atoms with Crippen LogP contribution in [-0.4, -0.2) is 38.7 Å². The molecule has 1 aliphatic heterocycles. The highest BCUT2D eigenvalue weighted by molar-refractivity contribution is 9.10. The molecule has 1 aliphatic rings. The van der Waals surface area contributed by atoms with E-state index in [0.717, 1.165) is 23.9 Å². The summed E-state index contributed by atoms with van der Waals surface area (Å²) >= 11 is 9.21. The van der Waals surface area contributed by atoms with E-state index in [1.807, 2.05) is 6.07 Å². The van der Waals surface area contributed by atoms with Gasteiger partial charge in [0, 0.05) is 23.4 Å². The molecule has 8 heteroatoms. The Morgan fingerprint density at radius 2 is 2.30 bits per heavy atom. The molecule has 23 heavy (non-hydrogen) atoms. The summed E-state index contributed by atoms with van der Waals surface area (Å²) in [6.45, 7) is 2.31. The Balaban J connectivity index is 1.56. The number of carbonyl (C=O) groups is 1. The normalized spacial score (nSPS) is 18.8. The average Bonchev–Trinajstić information content (AvgIpc) is 2.95. The molecule has 6 nitrogen and oxygen atoms in total. The average molecular weight is 399 g/mol. The molecule has 1 fully saturated rings. The van der Waals surface area contributed by atoms with Gasteiger partial charge in [0.25, 0.3) is 0 Å². The number of nitrogens with one attached hydrogen (secondary N) is 1. The van der Waals surface area contributed by atoms with Crippen molar-refractivity contribution in [2.45, 2.75) is 19.5 Å². The largest absolute Gasteiger partial charge is 0.310 e. The van der Waals surface area contributed by atoms with Crippen LogP contribution in [0.25, 0.3) is 0 Å². The quantitative estimate of drug-likeness (QED) is 0.860. The minimum Gasteiger partial charge on any atom is -0.310 e. The van der Waals surface area contributed by atoms with E-state index in [9.17, 15) is 4.79 Å². The van der Waals surface area contributed by atoms with E-state index in [-0.39, 0.29) is 11.8 Å². The van der Waals surface area contributed by atoms with Crippen LogP contribution in [0.5, 0.6) is 0 Å². The zero-order valence-electron chi connectivity index (χ0n) is 12.5. The Morgan fingerprint density at radius 3 is 3.00 bits per heavy atom. The highest BCUT2D eigenvalue weighted by Crippen LogP contribution is 2.19. The molecule has 0 radical (unpaired) electrons. The number of anilines is 1. The first-order valence-electron chi connectivity index (χ1n) is 7.43. The Hall–Kier alpha value is -1.44. The van der Waals surface area contributed by atoms with Crippen molar-refractivity contribution in [3.05, 3.63) is 40.2 Å². The number of pyridine rings is 1. The molecule has 1 atom stereocenters. The van der Waals surface area contributed by atoms with Gasteiger partial charge in [-0.15, -0.1) is 0 Å². The molecule has 1 saturated heterocycles. The SMILES string of the molecule is O=C(Nc1ccc(Br)cn1)[C@H]1CCCN(Cn2cc(Cl)cn2)C1. The van der Waals surface area contributed by atoms with Crippen LogP contribution < -0.4 is 5.32 Å². The maximum Gasteiger partial charge on any atom is 0.229 e. The maximum absolute atomic E-state index is 12.4. The number of amides is 1. The zero-order chi connectivity index (χ0) is 16.2. The number of aromatic nitrogens is 3. The highest BCUT2D eigenvalue weighted by Gasteiger charge is 2.26. The third kappa shape index (κ3) is 4.53. The number of hydrogen-bond acceptors (Lipinski definition) is 4. The molecule has 2 aromatic rings. The van der Waals surface area contributed by atoms with Crippen molar-refractivity contribution in [3.63, 3.8) is 0 Å². The fourth-order valence-corrected chi connectivity index (χ4v) is 3.09. The number of piperidine rings is 1. The highest BCUT2D eigenvalue weighted by atomic mass is 79.9. The molecule has 0 spiro atoms. The zero-order valence-corrected chi connectivity index (χ0v) is 14.8. The molecule has 1 N–H and O–H groups in total. The molecular formula is C15H17BrClN5O. The van der Waals surface area contributed by atoms with E-state index < -0.39 is 0 Å². The summed E-state index contributed by atoms with van der Waals surface area (Å²) < 4.78 is 2.68. The summed E-state index contributed by atoms with van der Waals surface area (Å²) in [6, 6.07) is 3.64. The lowest BCUT2D eigenvalue weighted by Gasteiger charge is -2.31. The number of carbonyl (C=O) groups excluding carboxylic acids is 1. The van der Waals surface area contributed by atoms with Gasteiger partial charge < -0.3 is 5.32 Å². The van der Waals surface area contributed by atoms with Gasteiger partial charge in [-0.05, 0) is 47.4 Å². The Kier molecular flexibility index (Phi) is 5.30. The standard InChI is InChI=1S/C15H17BrClN5O/c16-12-3-4-14(18-6-12)20-15(23)11-2-1-5-21(8-11)10-22-9-13(17)7-19-22/h3-4,6-7,9,11H,1-2,5,8,10H2,(H,18,20,23)/t11-/m0/s1. The number of rotatable bonds is 4. The maximum atomic E-state index is 12.4. The van der Waals surface area contributed by atoms with Crippen LogP contribution >= 0.6 is 27.5 Å². The van der Waals surface area contributed by atoms with Crippen LogP contribution in [-0.2, 0) is 11.5 Å². The summed E-state index contributed by atoms with van der Waals surface area (Å²) in [5, 5.41) is 7.69. The van der Waals surface area contributed by atoms with Crippen LogP contribution in [0.2, 0.25) is 5.02 Å². The van der Waals surface area contributed by atoms with E-state index in [0.29, 0.717) is 24.1 Å². The summed E-state index contributed by atoms with van der Waals surface area (Å²) in [7, 11) is 0. The van der Waals surface area contributed by atoms with E-state index >= 15 is 0 Å². The van der Waals surface area contributed by atoms with E-state index in [1.165, 1.54) is 0 Å². The smallest absolute Gasteiger partial charge is 0.229 e. The van der Waals surface area contributed by atoms with Gasteiger partial charge in [0.1, 0.15) is 5.82 Å². The lowest BCUT2D eigenvalue weighted by molar-refractivity contribution is -0.121. The van der Waals surface area contributed by atoms with E-state index in [1.54, 1.807) is 29.3 Å². The van der Waals surface area contributed by atoms with Crippen molar-refractivity contribution in [2.24, 2.45) is 5.92 Å². The minimum atomic E-state index is -0.0415. The lowest BCUT2D eigenvalue weighted by atomic mass is 9.97.